The average Bonchev–Trinajstić information content (AvgIpc) is 3.57. The van der Waals surface area contributed by atoms with E-state index in [0.717, 1.165) is 28.6 Å². The summed E-state index contributed by atoms with van der Waals surface area (Å²) in [7, 11) is 0. The van der Waals surface area contributed by atoms with Gasteiger partial charge in [-0.25, -0.2) is 0 Å². The largest absolute Gasteiger partial charge is 0.453 e. The Balaban J connectivity index is 1.37. The molecular formula is C43H30N2O. The van der Waals surface area contributed by atoms with E-state index in [0.29, 0.717) is 0 Å². The first kappa shape index (κ1) is 25.5. The summed E-state index contributed by atoms with van der Waals surface area (Å²) in [5, 5.41) is 2.56. The summed E-state index contributed by atoms with van der Waals surface area (Å²) in [6, 6.07) is 48.5. The lowest BCUT2D eigenvalue weighted by Crippen LogP contribution is -2.34. The maximum Gasteiger partial charge on any atom is 0.151 e. The monoisotopic (exact) mass is 590 g/mol. The Labute approximate surface area is 267 Å². The molecule has 10 rings (SSSR count). The van der Waals surface area contributed by atoms with E-state index in [1.165, 1.54) is 60.9 Å². The normalized spacial score (nSPS) is 17.4. The average molecular weight is 591 g/mol. The number of para-hydroxylation sites is 6. The SMILES string of the molecule is C/C=C\C1=C(C)c2ccccc2C12c1ccc(N3c4ccccc4Oc4ccccc43)cc1-n1c3ccccc3c3cccc2c31. The van der Waals surface area contributed by atoms with E-state index in [4.69, 9.17) is 4.74 Å². The zero-order chi connectivity index (χ0) is 30.6. The predicted octanol–water partition coefficient (Wildman–Crippen LogP) is 11.4. The Kier molecular flexibility index (Phi) is 5.06. The van der Waals surface area contributed by atoms with Crippen LogP contribution < -0.4 is 9.64 Å². The third kappa shape index (κ3) is 3.02. The van der Waals surface area contributed by atoms with E-state index >= 15 is 0 Å². The summed E-state index contributed by atoms with van der Waals surface area (Å²) in [6.45, 7) is 4.43. The van der Waals surface area contributed by atoms with Gasteiger partial charge in [0.25, 0.3) is 0 Å². The first-order chi connectivity index (χ1) is 22.7. The molecule has 0 fully saturated rings. The van der Waals surface area contributed by atoms with Gasteiger partial charge < -0.3 is 14.2 Å². The molecule has 1 spiro atoms. The zero-order valence-corrected chi connectivity index (χ0v) is 25.7. The first-order valence-corrected chi connectivity index (χ1v) is 16.0. The van der Waals surface area contributed by atoms with Crippen molar-refractivity contribution in [3.8, 4) is 17.2 Å². The van der Waals surface area contributed by atoms with Crippen molar-refractivity contribution < 1.29 is 4.74 Å². The Morgan fingerprint density at radius 2 is 1.28 bits per heavy atom. The van der Waals surface area contributed by atoms with Crippen molar-refractivity contribution in [2.24, 2.45) is 0 Å². The van der Waals surface area contributed by atoms with Gasteiger partial charge in [-0.1, -0.05) is 103 Å². The van der Waals surface area contributed by atoms with E-state index in [2.05, 4.69) is 157 Å². The molecule has 3 aliphatic rings. The number of allylic oxidation sites excluding steroid dienone is 4. The van der Waals surface area contributed by atoms with Gasteiger partial charge in [-0.3, -0.25) is 0 Å². The predicted molar refractivity (Wildman–Crippen MR) is 189 cm³/mol. The number of hydrogen-bond acceptors (Lipinski definition) is 2. The van der Waals surface area contributed by atoms with Crippen LogP contribution in [0.1, 0.15) is 36.1 Å². The third-order valence-corrected chi connectivity index (χ3v) is 10.3. The Morgan fingerprint density at radius 3 is 2.09 bits per heavy atom. The molecule has 6 aromatic carbocycles. The molecule has 1 aromatic heterocycles. The van der Waals surface area contributed by atoms with Crippen LogP contribution in [0.15, 0.2) is 151 Å². The van der Waals surface area contributed by atoms with Gasteiger partial charge in [0.1, 0.15) is 0 Å². The van der Waals surface area contributed by atoms with Crippen LogP contribution in [0.4, 0.5) is 17.1 Å². The molecule has 46 heavy (non-hydrogen) atoms. The zero-order valence-electron chi connectivity index (χ0n) is 25.7. The molecule has 1 aliphatic carbocycles. The molecule has 2 aliphatic heterocycles. The van der Waals surface area contributed by atoms with Crippen LogP contribution in [-0.2, 0) is 5.41 Å². The molecule has 0 saturated heterocycles. The molecule has 0 bridgehead atoms. The fraction of sp³-hybridized carbons (Fsp3) is 0.0698. The number of benzene rings is 6. The van der Waals surface area contributed by atoms with Gasteiger partial charge in [0.05, 0.1) is 33.5 Å². The third-order valence-electron chi connectivity index (χ3n) is 10.3. The number of ether oxygens (including phenoxy) is 1. The molecule has 1 unspecified atom stereocenters. The van der Waals surface area contributed by atoms with E-state index in [9.17, 15) is 0 Å². The molecule has 218 valence electrons. The van der Waals surface area contributed by atoms with E-state index in [1.807, 2.05) is 12.1 Å². The van der Waals surface area contributed by atoms with E-state index in [-0.39, 0.29) is 0 Å². The van der Waals surface area contributed by atoms with Crippen LogP contribution in [0, 0.1) is 0 Å². The summed E-state index contributed by atoms with van der Waals surface area (Å²) in [5.41, 5.74) is 14.4. The van der Waals surface area contributed by atoms with Crippen molar-refractivity contribution >= 4 is 44.4 Å². The summed E-state index contributed by atoms with van der Waals surface area (Å²) in [4.78, 5) is 2.35. The number of anilines is 3. The molecule has 3 heterocycles. The van der Waals surface area contributed by atoms with Crippen LogP contribution in [0.5, 0.6) is 11.5 Å². The minimum absolute atomic E-state index is 0.453. The minimum Gasteiger partial charge on any atom is -0.453 e. The number of rotatable bonds is 2. The molecule has 3 nitrogen and oxygen atoms in total. The highest BCUT2D eigenvalue weighted by Crippen LogP contribution is 2.61. The Morgan fingerprint density at radius 1 is 0.609 bits per heavy atom. The Hall–Kier alpha value is -5.80. The van der Waals surface area contributed by atoms with Crippen LogP contribution >= 0.6 is 0 Å². The summed E-state index contributed by atoms with van der Waals surface area (Å²) < 4.78 is 8.91. The first-order valence-electron chi connectivity index (χ1n) is 16.0. The van der Waals surface area contributed by atoms with Crippen molar-refractivity contribution in [1.29, 1.82) is 0 Å². The van der Waals surface area contributed by atoms with Crippen molar-refractivity contribution in [3.63, 3.8) is 0 Å². The number of aromatic nitrogens is 1. The molecule has 0 saturated carbocycles. The van der Waals surface area contributed by atoms with Crippen molar-refractivity contribution in [1.82, 2.24) is 4.57 Å². The maximum atomic E-state index is 6.39. The van der Waals surface area contributed by atoms with Crippen molar-refractivity contribution in [3.05, 3.63) is 173 Å². The highest BCUT2D eigenvalue weighted by atomic mass is 16.5. The fourth-order valence-electron chi connectivity index (χ4n) is 8.57. The van der Waals surface area contributed by atoms with Gasteiger partial charge in [-0.2, -0.15) is 0 Å². The highest BCUT2D eigenvalue weighted by Gasteiger charge is 2.50. The number of hydrogen-bond donors (Lipinski definition) is 0. The fourth-order valence-corrected chi connectivity index (χ4v) is 8.57. The second kappa shape index (κ2) is 9.12. The molecule has 3 heteroatoms. The standard InChI is InChI=1S/C43H30N2O/c1-3-13-32-27(2)29-14-4-6-17-33(29)43(32)34-25-24-28(44-37-20-8-10-22-40(37)46-41-23-11-9-21-38(41)44)26-39(34)45-36-19-7-5-15-30(36)31-16-12-18-35(43)42(31)45/h3-26H,1-2H3/b13-3-. The number of nitrogens with zero attached hydrogens (tertiary/aromatic N) is 2. The lowest BCUT2D eigenvalue weighted by molar-refractivity contribution is 0.477. The maximum absolute atomic E-state index is 6.39. The van der Waals surface area contributed by atoms with Crippen molar-refractivity contribution in [2.75, 3.05) is 4.90 Å². The van der Waals surface area contributed by atoms with Crippen LogP contribution in [-0.4, -0.2) is 4.57 Å². The van der Waals surface area contributed by atoms with Crippen LogP contribution in [0.25, 0.3) is 33.1 Å². The number of fused-ring (bicyclic) bond motifs is 11. The summed E-state index contributed by atoms with van der Waals surface area (Å²) in [6.07, 6.45) is 4.55. The topological polar surface area (TPSA) is 17.4 Å². The molecule has 0 radical (unpaired) electrons. The second-order valence-electron chi connectivity index (χ2n) is 12.5. The lowest BCUT2D eigenvalue weighted by atomic mass is 9.64. The van der Waals surface area contributed by atoms with Gasteiger partial charge in [-0.05, 0) is 89.7 Å². The molecule has 7 aromatic rings. The molecule has 0 amide bonds. The quantitative estimate of drug-likeness (QED) is 0.199. The Bertz CT molecular complexity index is 2450. The summed E-state index contributed by atoms with van der Waals surface area (Å²) in [5.74, 6) is 1.71. The van der Waals surface area contributed by atoms with Crippen molar-refractivity contribution in [2.45, 2.75) is 19.3 Å². The van der Waals surface area contributed by atoms with E-state index < -0.39 is 5.41 Å². The van der Waals surface area contributed by atoms with Crippen LogP contribution in [0.3, 0.4) is 0 Å². The lowest BCUT2D eigenvalue weighted by Gasteiger charge is -2.41. The smallest absolute Gasteiger partial charge is 0.151 e. The van der Waals surface area contributed by atoms with Gasteiger partial charge in [0, 0.05) is 16.5 Å². The van der Waals surface area contributed by atoms with Gasteiger partial charge in [0.15, 0.2) is 11.5 Å². The highest BCUT2D eigenvalue weighted by molar-refractivity contribution is 6.13. The van der Waals surface area contributed by atoms with Gasteiger partial charge in [-0.15, -0.1) is 0 Å². The van der Waals surface area contributed by atoms with Gasteiger partial charge >= 0.3 is 0 Å². The van der Waals surface area contributed by atoms with Gasteiger partial charge in [0.2, 0.25) is 0 Å². The van der Waals surface area contributed by atoms with E-state index in [1.54, 1.807) is 0 Å². The minimum atomic E-state index is -0.453. The molecular weight excluding hydrogens is 560 g/mol. The molecule has 0 N–H and O–H groups in total. The summed E-state index contributed by atoms with van der Waals surface area (Å²) >= 11 is 0. The molecule has 1 atom stereocenters. The van der Waals surface area contributed by atoms with Crippen LogP contribution in [0.2, 0.25) is 0 Å². The second-order valence-corrected chi connectivity index (χ2v) is 12.5.